The molecule has 2 aromatic carbocycles. The molecular weight excluding hydrogens is 649 g/mol. The number of ether oxygens (including phenoxy) is 1. The molecule has 6 heterocycles. The molecule has 262 valence electrons. The highest BCUT2D eigenvalue weighted by atomic mass is 19.1. The average Bonchev–Trinajstić information content (AvgIpc) is 3.93. The molecule has 13 heteroatoms. The molecule has 1 spiro atoms. The average molecular weight is 690 g/mol. The van der Waals surface area contributed by atoms with E-state index in [1.165, 1.54) is 5.57 Å². The minimum Gasteiger partial charge on any atom is -0.475 e. The number of amides is 2. The predicted octanol–water partition coefficient (Wildman–Crippen LogP) is 5.09. The van der Waals surface area contributed by atoms with E-state index < -0.39 is 11.2 Å². The number of aryl methyl sites for hydroxylation is 1. The molecule has 3 aliphatic rings. The van der Waals surface area contributed by atoms with E-state index in [1.54, 1.807) is 46.4 Å². The van der Waals surface area contributed by atoms with Crippen molar-refractivity contribution < 1.29 is 18.7 Å². The lowest BCUT2D eigenvalue weighted by Gasteiger charge is -2.29. The van der Waals surface area contributed by atoms with Crippen molar-refractivity contribution >= 4 is 34.0 Å². The van der Waals surface area contributed by atoms with Gasteiger partial charge >= 0.3 is 0 Å². The number of pyridine rings is 1. The van der Waals surface area contributed by atoms with Crippen LogP contribution in [0.25, 0.3) is 39.1 Å². The number of carbonyl (C=O) groups is 2. The maximum Gasteiger partial charge on any atom is 0.237 e. The van der Waals surface area contributed by atoms with E-state index in [0.717, 1.165) is 17.5 Å². The first-order valence-corrected chi connectivity index (χ1v) is 17.4. The van der Waals surface area contributed by atoms with E-state index in [4.69, 9.17) is 4.74 Å². The number of aromatic amines is 1. The molecule has 0 bridgehead atoms. The molecule has 3 aromatic heterocycles. The fraction of sp³-hybridized carbons (Fsp3) is 0.368. The van der Waals surface area contributed by atoms with E-state index in [-0.39, 0.29) is 30.2 Å². The third kappa shape index (κ3) is 6.15. The number of nitrogens with one attached hydrogen (secondary N) is 1. The summed E-state index contributed by atoms with van der Waals surface area (Å²) in [6.45, 7) is 6.85. The smallest absolute Gasteiger partial charge is 0.237 e. The number of halogens is 1. The number of fused-ring (bicyclic) bond motifs is 1. The molecule has 0 saturated carbocycles. The highest BCUT2D eigenvalue weighted by Gasteiger charge is 2.51. The zero-order valence-corrected chi connectivity index (χ0v) is 29.0. The maximum atomic E-state index is 16.3. The molecule has 1 atom stereocenters. The molecule has 51 heavy (non-hydrogen) atoms. The van der Waals surface area contributed by atoms with Gasteiger partial charge in [0, 0.05) is 56.6 Å². The second-order valence-corrected chi connectivity index (χ2v) is 14.0. The number of likely N-dealkylation sites (tertiary alicyclic amines) is 1. The van der Waals surface area contributed by atoms with Crippen LogP contribution in [0.5, 0.6) is 5.88 Å². The minimum absolute atomic E-state index is 0.0171. The fourth-order valence-corrected chi connectivity index (χ4v) is 7.59. The molecule has 12 nitrogen and oxygen atoms in total. The van der Waals surface area contributed by atoms with Crippen molar-refractivity contribution in [2.24, 2.45) is 12.5 Å². The number of hydrogen-bond acceptors (Lipinski definition) is 8. The van der Waals surface area contributed by atoms with Crippen molar-refractivity contribution in [3.05, 3.63) is 78.5 Å². The lowest BCUT2D eigenvalue weighted by Crippen LogP contribution is -2.43. The van der Waals surface area contributed by atoms with Gasteiger partial charge in [0.1, 0.15) is 12.0 Å². The number of nitrogens with zero attached hydrogens (tertiary/aromatic N) is 8. The van der Waals surface area contributed by atoms with E-state index in [9.17, 15) is 9.59 Å². The molecule has 0 radical (unpaired) electrons. The number of carbonyl (C=O) groups excluding carboxylic acids is 2. The van der Waals surface area contributed by atoms with Crippen LogP contribution in [0.1, 0.15) is 38.7 Å². The number of H-pyrrole nitrogens is 1. The quantitative estimate of drug-likeness (QED) is 0.239. The van der Waals surface area contributed by atoms with Crippen LogP contribution in [0.15, 0.2) is 67.1 Å². The third-order valence-electron chi connectivity index (χ3n) is 10.3. The highest BCUT2D eigenvalue weighted by Crippen LogP contribution is 2.44. The summed E-state index contributed by atoms with van der Waals surface area (Å²) < 4.78 is 23.6. The number of rotatable bonds is 8. The van der Waals surface area contributed by atoms with Crippen LogP contribution in [0.2, 0.25) is 0 Å². The number of hydrogen-bond donors (Lipinski definition) is 1. The Morgan fingerprint density at radius 3 is 2.49 bits per heavy atom. The van der Waals surface area contributed by atoms with E-state index in [0.29, 0.717) is 79.4 Å². The first-order valence-electron chi connectivity index (χ1n) is 17.4. The van der Waals surface area contributed by atoms with Gasteiger partial charge in [0.25, 0.3) is 0 Å². The van der Waals surface area contributed by atoms with Crippen LogP contribution in [0.4, 0.5) is 10.1 Å². The number of benzene rings is 2. The predicted molar refractivity (Wildman–Crippen MR) is 191 cm³/mol. The Labute approximate surface area is 294 Å². The first-order chi connectivity index (χ1) is 24.7. The monoisotopic (exact) mass is 689 g/mol. The molecular formula is C38H40FN9O3. The second kappa shape index (κ2) is 13.0. The highest BCUT2D eigenvalue weighted by molar-refractivity contribution is 6.03. The lowest BCUT2D eigenvalue weighted by atomic mass is 9.85. The van der Waals surface area contributed by atoms with Crippen molar-refractivity contribution in [2.45, 2.75) is 39.2 Å². The van der Waals surface area contributed by atoms with Gasteiger partial charge in [0.2, 0.25) is 17.7 Å². The van der Waals surface area contributed by atoms with Crippen molar-refractivity contribution in [3.63, 3.8) is 0 Å². The summed E-state index contributed by atoms with van der Waals surface area (Å²) in [5.41, 5.74) is 4.53. The Balaban J connectivity index is 0.906. The Kier molecular flexibility index (Phi) is 8.37. The van der Waals surface area contributed by atoms with Gasteiger partial charge < -0.3 is 14.5 Å². The van der Waals surface area contributed by atoms with Gasteiger partial charge in [-0.1, -0.05) is 30.3 Å². The lowest BCUT2D eigenvalue weighted by molar-refractivity contribution is -0.132. The van der Waals surface area contributed by atoms with Crippen molar-refractivity contribution in [3.8, 4) is 28.5 Å². The molecule has 0 aliphatic carbocycles. The number of anilines is 1. The summed E-state index contributed by atoms with van der Waals surface area (Å²) in [5, 5.41) is 12.0. The van der Waals surface area contributed by atoms with Crippen molar-refractivity contribution in [1.29, 1.82) is 0 Å². The summed E-state index contributed by atoms with van der Waals surface area (Å²) >= 11 is 0. The van der Waals surface area contributed by atoms with Crippen LogP contribution < -0.4 is 9.64 Å². The SMILES string of the molecule is CC(C)Oc1ccc(-c2n[nH]c3ccc(N4CC[C@]5(CCN(CC(=O)N6CC=C(c7ccc(-c8ncn(C)n8)cc7)CC6)C5)C4=O)c(F)c23)cn1. The van der Waals surface area contributed by atoms with Gasteiger partial charge in [0.05, 0.1) is 34.7 Å². The van der Waals surface area contributed by atoms with Gasteiger partial charge in [-0.05, 0) is 69.0 Å². The maximum absolute atomic E-state index is 16.3. The van der Waals surface area contributed by atoms with E-state index >= 15 is 4.39 Å². The summed E-state index contributed by atoms with van der Waals surface area (Å²) in [4.78, 5) is 41.6. The molecule has 3 aliphatic heterocycles. The molecule has 1 N–H and O–H groups in total. The normalized spacial score (nSPS) is 19.5. The molecule has 2 saturated heterocycles. The molecule has 2 amide bonds. The molecule has 5 aromatic rings. The molecule has 0 unspecified atom stereocenters. The summed E-state index contributed by atoms with van der Waals surface area (Å²) in [5.74, 6) is 0.651. The van der Waals surface area contributed by atoms with Gasteiger partial charge in [-0.15, -0.1) is 0 Å². The first kappa shape index (κ1) is 32.8. The molecule has 8 rings (SSSR count). The van der Waals surface area contributed by atoms with Crippen LogP contribution in [-0.2, 0) is 16.6 Å². The Bertz CT molecular complexity index is 2140. The summed E-state index contributed by atoms with van der Waals surface area (Å²) in [7, 11) is 1.85. The summed E-state index contributed by atoms with van der Waals surface area (Å²) in [6.07, 6.45) is 7.43. The zero-order valence-electron chi connectivity index (χ0n) is 29.0. The van der Waals surface area contributed by atoms with Crippen molar-refractivity contribution in [2.75, 3.05) is 44.2 Å². The van der Waals surface area contributed by atoms with E-state index in [1.807, 2.05) is 37.9 Å². The Morgan fingerprint density at radius 2 is 1.78 bits per heavy atom. The van der Waals surface area contributed by atoms with Crippen molar-refractivity contribution in [1.82, 2.24) is 39.7 Å². The van der Waals surface area contributed by atoms with Crippen LogP contribution in [0, 0.1) is 11.2 Å². The van der Waals surface area contributed by atoms with Crippen LogP contribution >= 0.6 is 0 Å². The summed E-state index contributed by atoms with van der Waals surface area (Å²) in [6, 6.07) is 15.2. The third-order valence-corrected chi connectivity index (χ3v) is 10.3. The topological polar surface area (TPSA) is 125 Å². The zero-order chi connectivity index (χ0) is 35.3. The van der Waals surface area contributed by atoms with Crippen LogP contribution in [0.3, 0.4) is 0 Å². The number of aromatic nitrogens is 6. The Morgan fingerprint density at radius 1 is 1.00 bits per heavy atom. The largest absolute Gasteiger partial charge is 0.475 e. The second-order valence-electron chi connectivity index (χ2n) is 14.0. The Hall–Kier alpha value is -5.43. The van der Waals surface area contributed by atoms with Gasteiger partial charge in [-0.3, -0.25) is 24.3 Å². The molecule has 2 fully saturated rings. The fourth-order valence-electron chi connectivity index (χ4n) is 7.59. The van der Waals surface area contributed by atoms with Gasteiger partial charge in [0.15, 0.2) is 11.6 Å². The minimum atomic E-state index is -0.636. The van der Waals surface area contributed by atoms with Crippen LogP contribution in [-0.4, -0.2) is 96.9 Å². The van der Waals surface area contributed by atoms with Gasteiger partial charge in [-0.25, -0.2) is 14.4 Å². The van der Waals surface area contributed by atoms with E-state index in [2.05, 4.69) is 48.4 Å². The standard InChI is InChI=1S/C38H40FN9O3/c1-24(2)51-31-11-8-28(20-40-31)35-33-29(42-43-35)9-10-30(34(33)39)48-19-15-38(37(48)50)14-18-46(22-38)21-32(49)47-16-12-26(13-17-47)25-4-6-27(7-5-25)36-41-23-45(3)44-36/h4-12,20,23-24H,13-19,21-22H2,1-3H3,(H,42,43)/t38-/m0/s1. The van der Waals surface area contributed by atoms with Gasteiger partial charge in [-0.2, -0.15) is 10.2 Å².